The molecule has 3 rings (SSSR count). The van der Waals surface area contributed by atoms with Crippen LogP contribution in [0.1, 0.15) is 39.3 Å². The van der Waals surface area contributed by atoms with Gasteiger partial charge in [-0.25, -0.2) is 26.3 Å². The Kier molecular flexibility index (Phi) is 9.80. The molecule has 5 nitrogen and oxygen atoms in total. The number of rotatable bonds is 11. The van der Waals surface area contributed by atoms with Crippen LogP contribution < -0.4 is 14.0 Å². The number of nitrogens with zero attached hydrogens (tertiary/aromatic N) is 1. The summed E-state index contributed by atoms with van der Waals surface area (Å²) in [7, 11) is -2.92. The van der Waals surface area contributed by atoms with Crippen LogP contribution in [0.25, 0.3) is 0 Å². The van der Waals surface area contributed by atoms with Gasteiger partial charge >= 0.3 is 7.32 Å². The number of aromatic hydroxyl groups is 1. The molecule has 0 aliphatic carbocycles. The van der Waals surface area contributed by atoms with Crippen molar-refractivity contribution in [3.05, 3.63) is 81.9 Å². The second-order valence-corrected chi connectivity index (χ2v) is 9.01. The fourth-order valence-corrected chi connectivity index (χ4v) is 4.50. The second kappa shape index (κ2) is 12.6. The van der Waals surface area contributed by atoms with Crippen molar-refractivity contribution in [1.29, 1.82) is 0 Å². The summed E-state index contributed by atoms with van der Waals surface area (Å²) in [5.74, 6) is -30.0. The Morgan fingerprint density at radius 3 is 1.33 bits per heavy atom. The Balaban J connectivity index is 2.21. The first-order valence-electron chi connectivity index (χ1n) is 12.4. The highest BCUT2D eigenvalue weighted by Crippen LogP contribution is 2.38. The summed E-state index contributed by atoms with van der Waals surface area (Å²) < 4.78 is 155. The number of phenolic OH excluding ortho intramolecular Hbond substituents is 1. The lowest BCUT2D eigenvalue weighted by molar-refractivity contribution is -0.950. The zero-order chi connectivity index (χ0) is 31.7. The van der Waals surface area contributed by atoms with E-state index < -0.39 is 83.0 Å². The Labute approximate surface area is 233 Å². The molecule has 0 saturated carbocycles. The third-order valence-electron chi connectivity index (χ3n) is 7.14. The molecule has 3 aromatic rings. The molecule has 0 fully saturated rings. The lowest BCUT2D eigenvalue weighted by atomic mass is 10.0. The third-order valence-corrected chi connectivity index (χ3v) is 7.14. The monoisotopic (exact) mass is 614 g/mol. The molecular formula is C26H23BF10NO4+. The SMILES string of the molecule is CC[N+](CC)(CC)C(C)c1cc(O)ccc1OB(Oc1c(F)c(F)c(F)c(F)c1F)Oc1c(F)c(F)c(F)c(F)c1F. The summed E-state index contributed by atoms with van der Waals surface area (Å²) in [6.07, 6.45) is 0. The van der Waals surface area contributed by atoms with Gasteiger partial charge in [-0.3, -0.25) is 0 Å². The van der Waals surface area contributed by atoms with Crippen LogP contribution in [0.4, 0.5) is 43.9 Å². The Hall–Kier alpha value is -3.82. The Bertz CT molecular complexity index is 1350. The van der Waals surface area contributed by atoms with Gasteiger partial charge in [0.15, 0.2) is 11.5 Å². The highest BCUT2D eigenvalue weighted by molar-refractivity contribution is 6.39. The maximum Gasteiger partial charge on any atom is 0.864 e. The predicted molar refractivity (Wildman–Crippen MR) is 129 cm³/mol. The van der Waals surface area contributed by atoms with E-state index in [1.54, 1.807) is 6.92 Å². The maximum atomic E-state index is 14.4. The van der Waals surface area contributed by atoms with E-state index in [0.717, 1.165) is 12.1 Å². The lowest BCUT2D eigenvalue weighted by Gasteiger charge is -2.42. The Morgan fingerprint density at radius 1 is 0.619 bits per heavy atom. The van der Waals surface area contributed by atoms with Crippen molar-refractivity contribution >= 4 is 7.32 Å². The zero-order valence-electron chi connectivity index (χ0n) is 22.4. The lowest BCUT2D eigenvalue weighted by Crippen LogP contribution is -2.49. The van der Waals surface area contributed by atoms with Crippen molar-refractivity contribution in [1.82, 2.24) is 0 Å². The van der Waals surface area contributed by atoms with Gasteiger partial charge in [0.2, 0.25) is 58.2 Å². The molecule has 1 unspecified atom stereocenters. The van der Waals surface area contributed by atoms with Crippen molar-refractivity contribution in [2.45, 2.75) is 33.7 Å². The zero-order valence-corrected chi connectivity index (χ0v) is 22.4. The van der Waals surface area contributed by atoms with E-state index >= 15 is 0 Å². The number of hydrogen-bond acceptors (Lipinski definition) is 4. The van der Waals surface area contributed by atoms with Gasteiger partial charge in [0.05, 0.1) is 25.2 Å². The molecule has 0 aromatic heterocycles. The van der Waals surface area contributed by atoms with E-state index in [9.17, 15) is 49.0 Å². The van der Waals surface area contributed by atoms with Crippen molar-refractivity contribution < 1.29 is 67.5 Å². The van der Waals surface area contributed by atoms with Crippen molar-refractivity contribution in [3.8, 4) is 23.0 Å². The third kappa shape index (κ3) is 5.76. The topological polar surface area (TPSA) is 47.9 Å². The van der Waals surface area contributed by atoms with E-state index in [0.29, 0.717) is 24.1 Å². The minimum absolute atomic E-state index is 0.146. The van der Waals surface area contributed by atoms with E-state index in [-0.39, 0.29) is 17.1 Å². The molecular weight excluding hydrogens is 591 g/mol. The fourth-order valence-electron chi connectivity index (χ4n) is 4.50. The van der Waals surface area contributed by atoms with Gasteiger partial charge in [0.25, 0.3) is 0 Å². The van der Waals surface area contributed by atoms with E-state index in [4.69, 9.17) is 4.65 Å². The van der Waals surface area contributed by atoms with E-state index in [2.05, 4.69) is 9.31 Å². The molecule has 16 heteroatoms. The van der Waals surface area contributed by atoms with Gasteiger partial charge in [-0.05, 0) is 45.9 Å². The molecule has 1 atom stereocenters. The standard InChI is InChI=1S/C26H22BF10NO4/c1-5-38(6-2,7-3)11(4)13-10-12(39)8-9-14(13)40-27(41-25-21(34)17(30)15(28)18(31)22(25)35)42-26-23(36)19(32)16(29)20(33)24(26)37/h8-11H,5-7H2,1-4H3/p+1. The fraction of sp³-hybridized carbons (Fsp3) is 0.308. The van der Waals surface area contributed by atoms with Gasteiger partial charge < -0.3 is 23.6 Å². The number of phenols is 1. The van der Waals surface area contributed by atoms with Gasteiger partial charge in [0, 0.05) is 0 Å². The van der Waals surface area contributed by atoms with Crippen molar-refractivity contribution in [3.63, 3.8) is 0 Å². The van der Waals surface area contributed by atoms with Crippen molar-refractivity contribution in [2.75, 3.05) is 19.6 Å². The van der Waals surface area contributed by atoms with Crippen LogP contribution in [-0.4, -0.2) is 36.5 Å². The molecule has 0 spiro atoms. The molecule has 3 aromatic carbocycles. The van der Waals surface area contributed by atoms with E-state index in [1.807, 2.05) is 20.8 Å². The molecule has 0 amide bonds. The number of quaternary nitrogens is 1. The average molecular weight is 614 g/mol. The number of halogens is 10. The molecule has 0 aliphatic rings. The van der Waals surface area contributed by atoms with Gasteiger partial charge in [0.1, 0.15) is 17.5 Å². The molecule has 0 aliphatic heterocycles. The minimum Gasteiger partial charge on any atom is -0.508 e. The summed E-state index contributed by atoms with van der Waals surface area (Å²) in [6.45, 7) is 8.87. The molecule has 0 saturated heterocycles. The smallest absolute Gasteiger partial charge is 0.508 e. The minimum atomic E-state index is -2.92. The second-order valence-electron chi connectivity index (χ2n) is 9.01. The van der Waals surface area contributed by atoms with Crippen LogP contribution in [0.2, 0.25) is 0 Å². The molecule has 0 heterocycles. The van der Waals surface area contributed by atoms with Crippen LogP contribution in [0.3, 0.4) is 0 Å². The predicted octanol–water partition coefficient (Wildman–Crippen LogP) is 7.24. The highest BCUT2D eigenvalue weighted by atomic mass is 19.2. The average Bonchev–Trinajstić information content (AvgIpc) is 2.99. The summed E-state index contributed by atoms with van der Waals surface area (Å²) in [4.78, 5) is 0. The van der Waals surface area contributed by atoms with Crippen LogP contribution in [0.15, 0.2) is 18.2 Å². The van der Waals surface area contributed by atoms with E-state index in [1.165, 1.54) is 6.07 Å². The van der Waals surface area contributed by atoms with Gasteiger partial charge in [-0.15, -0.1) is 0 Å². The molecule has 0 radical (unpaired) electrons. The van der Waals surface area contributed by atoms with Crippen LogP contribution >= 0.6 is 0 Å². The molecule has 1 N–H and O–H groups in total. The summed E-state index contributed by atoms with van der Waals surface area (Å²) in [5, 5.41) is 10.1. The quantitative estimate of drug-likeness (QED) is 0.0814. The first-order valence-corrected chi connectivity index (χ1v) is 12.4. The molecule has 228 valence electrons. The van der Waals surface area contributed by atoms with Gasteiger partial charge in [-0.2, -0.15) is 17.6 Å². The van der Waals surface area contributed by atoms with Crippen LogP contribution in [-0.2, 0) is 0 Å². The highest BCUT2D eigenvalue weighted by Gasteiger charge is 2.41. The number of hydrogen-bond donors (Lipinski definition) is 1. The summed E-state index contributed by atoms with van der Waals surface area (Å²) >= 11 is 0. The maximum absolute atomic E-state index is 14.4. The number of benzene rings is 3. The van der Waals surface area contributed by atoms with Crippen LogP contribution in [0, 0.1) is 58.2 Å². The first kappa shape index (κ1) is 32.7. The Morgan fingerprint density at radius 2 is 0.976 bits per heavy atom. The summed E-state index contributed by atoms with van der Waals surface area (Å²) in [6, 6.07) is 2.74. The molecule has 42 heavy (non-hydrogen) atoms. The summed E-state index contributed by atoms with van der Waals surface area (Å²) in [5.41, 5.74) is 0.146. The largest absolute Gasteiger partial charge is 0.864 e. The van der Waals surface area contributed by atoms with Crippen molar-refractivity contribution in [2.24, 2.45) is 0 Å². The first-order chi connectivity index (χ1) is 19.6. The molecule has 0 bridgehead atoms. The van der Waals surface area contributed by atoms with Crippen LogP contribution in [0.5, 0.6) is 23.0 Å². The van der Waals surface area contributed by atoms with Gasteiger partial charge in [-0.1, -0.05) is 0 Å². The normalized spacial score (nSPS) is 12.3.